The molecule has 0 atom stereocenters. The summed E-state index contributed by atoms with van der Waals surface area (Å²) in [6.07, 6.45) is 1.67. The molecule has 0 aliphatic carbocycles. The summed E-state index contributed by atoms with van der Waals surface area (Å²) in [6.45, 7) is 4.24. The Morgan fingerprint density at radius 2 is 1.50 bits per heavy atom. The Morgan fingerprint density at radius 3 is 2.32 bits per heavy atom. The van der Waals surface area contributed by atoms with Crippen LogP contribution in [0.1, 0.15) is 11.1 Å². The molecule has 2 nitrogen and oxygen atoms in total. The van der Waals surface area contributed by atoms with Gasteiger partial charge in [-0.15, -0.1) is 0 Å². The Labute approximate surface area is 129 Å². The lowest BCUT2D eigenvalue weighted by atomic mass is 9.99. The average molecular weight is 284 g/mol. The highest BCUT2D eigenvalue weighted by atomic mass is 14.8. The minimum Gasteiger partial charge on any atom is -0.236 e. The lowest BCUT2D eigenvalue weighted by Gasteiger charge is -2.09. The van der Waals surface area contributed by atoms with E-state index in [1.165, 1.54) is 21.9 Å². The van der Waals surface area contributed by atoms with Gasteiger partial charge < -0.3 is 0 Å². The highest BCUT2D eigenvalue weighted by molar-refractivity contribution is 6.08. The van der Waals surface area contributed by atoms with Gasteiger partial charge in [-0.05, 0) is 37.4 Å². The molecule has 0 aliphatic rings. The van der Waals surface area contributed by atoms with Crippen LogP contribution >= 0.6 is 0 Å². The molecule has 1 heterocycles. The van der Waals surface area contributed by atoms with Crippen molar-refractivity contribution in [3.05, 3.63) is 72.1 Å². The number of fused-ring (bicyclic) bond motifs is 3. The van der Waals surface area contributed by atoms with E-state index in [1.807, 2.05) is 0 Å². The van der Waals surface area contributed by atoms with Crippen molar-refractivity contribution in [2.75, 3.05) is 0 Å². The zero-order valence-electron chi connectivity index (χ0n) is 12.7. The fourth-order valence-corrected chi connectivity index (χ4v) is 3.14. The Balaban J connectivity index is 2.08. The Hall–Kier alpha value is -2.74. The first-order valence-electron chi connectivity index (χ1n) is 7.43. The minimum absolute atomic E-state index is 1.00. The molecule has 0 fully saturated rings. The van der Waals surface area contributed by atoms with Crippen molar-refractivity contribution in [3.8, 4) is 11.3 Å². The molecule has 0 spiro atoms. The van der Waals surface area contributed by atoms with Crippen LogP contribution in [-0.4, -0.2) is 9.97 Å². The summed E-state index contributed by atoms with van der Waals surface area (Å²) >= 11 is 0. The van der Waals surface area contributed by atoms with E-state index >= 15 is 0 Å². The van der Waals surface area contributed by atoms with Gasteiger partial charge >= 0.3 is 0 Å². The molecule has 1 aromatic heterocycles. The molecular weight excluding hydrogens is 268 g/mol. The molecule has 106 valence electrons. The number of aryl methyl sites for hydroxylation is 2. The van der Waals surface area contributed by atoms with Gasteiger partial charge in [0.15, 0.2) is 0 Å². The van der Waals surface area contributed by atoms with E-state index < -0.39 is 0 Å². The van der Waals surface area contributed by atoms with Crippen molar-refractivity contribution < 1.29 is 0 Å². The van der Waals surface area contributed by atoms with Crippen LogP contribution in [0.15, 0.2) is 60.9 Å². The van der Waals surface area contributed by atoms with Gasteiger partial charge in [0.1, 0.15) is 6.33 Å². The molecule has 22 heavy (non-hydrogen) atoms. The van der Waals surface area contributed by atoms with Crippen molar-refractivity contribution in [2.45, 2.75) is 13.8 Å². The van der Waals surface area contributed by atoms with E-state index in [1.54, 1.807) is 6.33 Å². The molecule has 0 aliphatic heterocycles. The molecule has 3 aromatic carbocycles. The van der Waals surface area contributed by atoms with Gasteiger partial charge in [0, 0.05) is 16.3 Å². The smallest absolute Gasteiger partial charge is 0.116 e. The zero-order chi connectivity index (χ0) is 15.1. The SMILES string of the molecule is Cc1cc(C)cc(-c2ncnc3c2ccc2ccccc23)c1. The van der Waals surface area contributed by atoms with Crippen LogP contribution in [0.3, 0.4) is 0 Å². The number of aromatic nitrogens is 2. The number of rotatable bonds is 1. The lowest BCUT2D eigenvalue weighted by molar-refractivity contribution is 1.22. The number of nitrogens with zero attached hydrogens (tertiary/aromatic N) is 2. The van der Waals surface area contributed by atoms with Crippen LogP contribution in [-0.2, 0) is 0 Å². The maximum absolute atomic E-state index is 4.56. The van der Waals surface area contributed by atoms with Gasteiger partial charge in [-0.1, -0.05) is 47.5 Å². The first kappa shape index (κ1) is 13.0. The molecule has 0 radical (unpaired) electrons. The van der Waals surface area contributed by atoms with E-state index in [0.717, 1.165) is 22.2 Å². The predicted molar refractivity (Wildman–Crippen MR) is 92.0 cm³/mol. The molecular formula is C20H16N2. The summed E-state index contributed by atoms with van der Waals surface area (Å²) in [5.41, 5.74) is 5.68. The molecule has 0 bridgehead atoms. The Bertz CT molecular complexity index is 983. The van der Waals surface area contributed by atoms with Crippen molar-refractivity contribution in [2.24, 2.45) is 0 Å². The maximum atomic E-state index is 4.56. The largest absolute Gasteiger partial charge is 0.236 e. The summed E-state index contributed by atoms with van der Waals surface area (Å²) in [5.74, 6) is 0. The van der Waals surface area contributed by atoms with Crippen LogP contribution < -0.4 is 0 Å². The van der Waals surface area contributed by atoms with Gasteiger partial charge in [0.05, 0.1) is 11.2 Å². The maximum Gasteiger partial charge on any atom is 0.116 e. The Kier molecular flexibility index (Phi) is 2.90. The zero-order valence-corrected chi connectivity index (χ0v) is 12.7. The Morgan fingerprint density at radius 1 is 0.727 bits per heavy atom. The van der Waals surface area contributed by atoms with Crippen molar-refractivity contribution in [1.82, 2.24) is 9.97 Å². The molecule has 2 heteroatoms. The summed E-state index contributed by atoms with van der Waals surface area (Å²) in [5, 5.41) is 3.49. The van der Waals surface area contributed by atoms with E-state index in [2.05, 4.69) is 78.4 Å². The van der Waals surface area contributed by atoms with Crippen LogP contribution in [0.25, 0.3) is 32.9 Å². The average Bonchev–Trinajstić information content (AvgIpc) is 2.53. The van der Waals surface area contributed by atoms with Gasteiger partial charge in [-0.2, -0.15) is 0 Å². The third-order valence-electron chi connectivity index (χ3n) is 4.02. The highest BCUT2D eigenvalue weighted by Gasteiger charge is 2.09. The highest BCUT2D eigenvalue weighted by Crippen LogP contribution is 2.30. The number of hydrogen-bond acceptors (Lipinski definition) is 2. The summed E-state index contributed by atoms with van der Waals surface area (Å²) in [4.78, 5) is 9.08. The molecule has 0 saturated carbocycles. The van der Waals surface area contributed by atoms with E-state index in [-0.39, 0.29) is 0 Å². The molecule has 0 N–H and O–H groups in total. The summed E-state index contributed by atoms with van der Waals surface area (Å²) in [7, 11) is 0. The standard InChI is InChI=1S/C20H16N2/c1-13-9-14(2)11-16(10-13)19-18-8-7-15-5-3-4-6-17(15)20(18)22-12-21-19/h3-12H,1-2H3. The molecule has 0 saturated heterocycles. The molecule has 4 rings (SSSR count). The van der Waals surface area contributed by atoms with Crippen molar-refractivity contribution in [1.29, 1.82) is 0 Å². The predicted octanol–water partition coefficient (Wildman–Crippen LogP) is 5.07. The lowest BCUT2D eigenvalue weighted by Crippen LogP contribution is -1.91. The number of hydrogen-bond donors (Lipinski definition) is 0. The fourth-order valence-electron chi connectivity index (χ4n) is 3.14. The normalized spacial score (nSPS) is 11.2. The second-order valence-electron chi connectivity index (χ2n) is 5.78. The first-order chi connectivity index (χ1) is 10.7. The summed E-state index contributed by atoms with van der Waals surface area (Å²) < 4.78 is 0. The third kappa shape index (κ3) is 2.04. The van der Waals surface area contributed by atoms with E-state index in [9.17, 15) is 0 Å². The van der Waals surface area contributed by atoms with E-state index in [4.69, 9.17) is 0 Å². The van der Waals surface area contributed by atoms with Gasteiger partial charge in [0.25, 0.3) is 0 Å². The molecule has 0 amide bonds. The van der Waals surface area contributed by atoms with Gasteiger partial charge in [-0.3, -0.25) is 0 Å². The topological polar surface area (TPSA) is 25.8 Å². The first-order valence-corrected chi connectivity index (χ1v) is 7.43. The van der Waals surface area contributed by atoms with Crippen LogP contribution in [0.2, 0.25) is 0 Å². The van der Waals surface area contributed by atoms with Crippen molar-refractivity contribution >= 4 is 21.7 Å². The molecule has 4 aromatic rings. The van der Waals surface area contributed by atoms with Crippen molar-refractivity contribution in [3.63, 3.8) is 0 Å². The van der Waals surface area contributed by atoms with Crippen LogP contribution in [0, 0.1) is 13.8 Å². The van der Waals surface area contributed by atoms with Gasteiger partial charge in [-0.25, -0.2) is 9.97 Å². The monoisotopic (exact) mass is 284 g/mol. The number of benzene rings is 3. The van der Waals surface area contributed by atoms with Crippen LogP contribution in [0.4, 0.5) is 0 Å². The van der Waals surface area contributed by atoms with Gasteiger partial charge in [0.2, 0.25) is 0 Å². The van der Waals surface area contributed by atoms with E-state index in [0.29, 0.717) is 0 Å². The minimum atomic E-state index is 1.00. The van der Waals surface area contributed by atoms with Crippen LogP contribution in [0.5, 0.6) is 0 Å². The molecule has 0 unspecified atom stereocenters. The fraction of sp³-hybridized carbons (Fsp3) is 0.100. The second kappa shape index (κ2) is 4.92. The quantitative estimate of drug-likeness (QED) is 0.456. The summed E-state index contributed by atoms with van der Waals surface area (Å²) in [6, 6.07) is 19.2. The second-order valence-corrected chi connectivity index (χ2v) is 5.78. The third-order valence-corrected chi connectivity index (χ3v) is 4.02.